The van der Waals surface area contributed by atoms with Crippen molar-refractivity contribution < 1.29 is 17.5 Å². The molecule has 0 aliphatic rings. The Hall–Kier alpha value is 0.207. The Balaban J connectivity index is -0.0000000910. The van der Waals surface area contributed by atoms with Crippen molar-refractivity contribution in [2.75, 3.05) is 0 Å². The van der Waals surface area contributed by atoms with Crippen molar-refractivity contribution in [1.82, 2.24) is 0 Å². The van der Waals surface area contributed by atoms with Crippen LogP contribution in [0.3, 0.4) is 0 Å². The first-order valence-corrected chi connectivity index (χ1v) is 3.62. The molecule has 0 saturated heterocycles. The van der Waals surface area contributed by atoms with E-state index in [0.29, 0.717) is 0 Å². The number of allylic oxidation sites excluding steroid dienone is 1. The third-order valence-corrected chi connectivity index (χ3v) is 0.289. The molecule has 58 valence electrons. The maximum absolute atomic E-state index is 8.74. The van der Waals surface area contributed by atoms with Gasteiger partial charge in [-0.1, -0.05) is 13.0 Å². The van der Waals surface area contributed by atoms with Gasteiger partial charge in [-0.3, -0.25) is 9.11 Å². The summed E-state index contributed by atoms with van der Waals surface area (Å²) in [4.78, 5) is 0. The van der Waals surface area contributed by atoms with E-state index < -0.39 is 10.4 Å². The minimum absolute atomic E-state index is 0. The van der Waals surface area contributed by atoms with Gasteiger partial charge in [0.05, 0.1) is 0 Å². The van der Waals surface area contributed by atoms with Crippen LogP contribution in [0, 0.1) is 0 Å². The van der Waals surface area contributed by atoms with E-state index in [4.69, 9.17) is 17.5 Å². The van der Waals surface area contributed by atoms with Gasteiger partial charge in [0.25, 0.3) is 0 Å². The summed E-state index contributed by atoms with van der Waals surface area (Å²) in [5, 5.41) is 0. The molecule has 0 amide bonds. The average molecular weight is 162 g/mol. The van der Waals surface area contributed by atoms with Crippen LogP contribution in [-0.4, -0.2) is 36.4 Å². The molecule has 6 heteroatoms. The third-order valence-electron chi connectivity index (χ3n) is 0.289. The molecule has 0 radical (unpaired) electrons. The molecule has 0 bridgehead atoms. The van der Waals surface area contributed by atoms with Crippen LogP contribution in [-0.2, 0) is 10.4 Å². The topological polar surface area (TPSA) is 74.6 Å². The van der Waals surface area contributed by atoms with E-state index in [2.05, 4.69) is 13.5 Å². The van der Waals surface area contributed by atoms with Crippen molar-refractivity contribution in [3.63, 3.8) is 0 Å². The van der Waals surface area contributed by atoms with Crippen molar-refractivity contribution in [1.29, 1.82) is 0 Å². The van der Waals surface area contributed by atoms with Crippen LogP contribution in [0.1, 0.15) is 13.3 Å². The summed E-state index contributed by atoms with van der Waals surface area (Å²) in [6, 6.07) is 0. The predicted octanol–water partition coefficient (Wildman–Crippen LogP) is 0.281. The summed E-state index contributed by atoms with van der Waals surface area (Å²) in [6.45, 7) is 5.54. The van der Waals surface area contributed by atoms with Crippen LogP contribution in [0.2, 0.25) is 0 Å². The molecule has 0 aromatic heterocycles. The first kappa shape index (κ1) is 16.7. The summed E-state index contributed by atoms with van der Waals surface area (Å²) >= 11 is 0. The molecule has 4 nitrogen and oxygen atoms in total. The Morgan fingerprint density at radius 1 is 1.50 bits per heavy atom. The molecule has 0 fully saturated rings. The number of hydrogen-bond acceptors (Lipinski definition) is 2. The van der Waals surface area contributed by atoms with Crippen LogP contribution in [0.4, 0.5) is 0 Å². The van der Waals surface area contributed by atoms with Crippen molar-refractivity contribution in [3.8, 4) is 0 Å². The standard InChI is InChI=1S/C4H8.Li.H2O4S.H/c1-3-4-2;;1-5(2,3)4;/h3H,1,4H2,2H3;;(H2,1,2,3,4);. The van der Waals surface area contributed by atoms with Gasteiger partial charge in [0.15, 0.2) is 0 Å². The second-order valence-corrected chi connectivity index (χ2v) is 2.04. The van der Waals surface area contributed by atoms with Gasteiger partial charge in [-0.2, -0.15) is 8.42 Å². The van der Waals surface area contributed by atoms with Gasteiger partial charge in [0.1, 0.15) is 0 Å². The summed E-state index contributed by atoms with van der Waals surface area (Å²) in [7, 11) is -4.67. The maximum atomic E-state index is 8.74. The first-order chi connectivity index (χ1) is 3.91. The summed E-state index contributed by atoms with van der Waals surface area (Å²) in [5.74, 6) is 0. The van der Waals surface area contributed by atoms with E-state index in [1.807, 2.05) is 6.08 Å². The second kappa shape index (κ2) is 9.21. The molecule has 0 saturated carbocycles. The SMILES string of the molecule is C=CCC.O=S(=O)(O)O.[LiH]. The zero-order valence-corrected chi connectivity index (χ0v) is 5.93. The molecule has 0 aromatic rings. The van der Waals surface area contributed by atoms with E-state index in [1.54, 1.807) is 0 Å². The molecule has 0 aromatic carbocycles. The van der Waals surface area contributed by atoms with Crippen LogP contribution < -0.4 is 0 Å². The van der Waals surface area contributed by atoms with E-state index in [0.717, 1.165) is 6.42 Å². The first-order valence-electron chi connectivity index (χ1n) is 2.22. The Bertz CT molecular complexity index is 143. The molecule has 0 rings (SSSR count). The van der Waals surface area contributed by atoms with Crippen LogP contribution >= 0.6 is 0 Å². The minimum atomic E-state index is -4.67. The van der Waals surface area contributed by atoms with Gasteiger partial charge in [0.2, 0.25) is 0 Å². The van der Waals surface area contributed by atoms with E-state index in [1.165, 1.54) is 0 Å². The molecule has 2 N–H and O–H groups in total. The Kier molecular flexibility index (Phi) is 15.3. The Morgan fingerprint density at radius 3 is 1.60 bits per heavy atom. The Labute approximate surface area is 73.1 Å². The molecule has 0 aliphatic carbocycles. The van der Waals surface area contributed by atoms with Crippen LogP contribution in [0.5, 0.6) is 0 Å². The summed E-state index contributed by atoms with van der Waals surface area (Å²) in [5.41, 5.74) is 0. The quantitative estimate of drug-likeness (QED) is 0.330. The van der Waals surface area contributed by atoms with Gasteiger partial charge in [-0.25, -0.2) is 0 Å². The van der Waals surface area contributed by atoms with E-state index in [-0.39, 0.29) is 18.9 Å². The predicted molar refractivity (Wildman–Crippen MR) is 41.8 cm³/mol. The van der Waals surface area contributed by atoms with Gasteiger partial charge in [0, 0.05) is 0 Å². The molecule has 10 heavy (non-hydrogen) atoms. The van der Waals surface area contributed by atoms with Gasteiger partial charge in [-0.05, 0) is 6.42 Å². The molecule has 0 aliphatic heterocycles. The van der Waals surface area contributed by atoms with Gasteiger partial charge in [-0.15, -0.1) is 6.58 Å². The van der Waals surface area contributed by atoms with Crippen molar-refractivity contribution >= 4 is 29.3 Å². The van der Waals surface area contributed by atoms with Crippen molar-refractivity contribution in [2.45, 2.75) is 13.3 Å². The average Bonchev–Trinajstić information content (AvgIpc) is 1.61. The molecule has 0 unspecified atom stereocenters. The van der Waals surface area contributed by atoms with Crippen molar-refractivity contribution in [3.05, 3.63) is 12.7 Å². The van der Waals surface area contributed by atoms with Crippen LogP contribution in [0.25, 0.3) is 0 Å². The zero-order valence-electron chi connectivity index (χ0n) is 5.11. The fourth-order valence-electron chi connectivity index (χ4n) is 0. The fraction of sp³-hybridized carbons (Fsp3) is 0.500. The second-order valence-electron chi connectivity index (χ2n) is 1.14. The van der Waals surface area contributed by atoms with E-state index in [9.17, 15) is 0 Å². The van der Waals surface area contributed by atoms with Gasteiger partial charge < -0.3 is 0 Å². The molecule has 0 spiro atoms. The third kappa shape index (κ3) is 292. The normalized spacial score (nSPS) is 8.30. The molecule has 0 heterocycles. The summed E-state index contributed by atoms with van der Waals surface area (Å²) in [6.07, 6.45) is 2.96. The fourth-order valence-corrected chi connectivity index (χ4v) is 0. The zero-order chi connectivity index (χ0) is 7.91. The molecular formula is C4H11LiO4S. The number of hydrogen-bond donors (Lipinski definition) is 2. The monoisotopic (exact) mass is 162 g/mol. The summed E-state index contributed by atoms with van der Waals surface area (Å²) < 4.78 is 31.6. The Morgan fingerprint density at radius 2 is 1.60 bits per heavy atom. The molecule has 0 atom stereocenters. The molecular weight excluding hydrogens is 151 g/mol. The number of rotatable bonds is 1. The van der Waals surface area contributed by atoms with E-state index >= 15 is 0 Å². The van der Waals surface area contributed by atoms with Crippen molar-refractivity contribution in [2.24, 2.45) is 0 Å². The van der Waals surface area contributed by atoms with Crippen LogP contribution in [0.15, 0.2) is 12.7 Å². The van der Waals surface area contributed by atoms with Gasteiger partial charge >= 0.3 is 29.3 Å².